The minimum absolute atomic E-state index is 0.707. The van der Waals surface area contributed by atoms with Crippen molar-refractivity contribution in [3.8, 4) is 0 Å². The van der Waals surface area contributed by atoms with E-state index in [0.717, 1.165) is 44.7 Å². The molecular weight excluding hydrogens is 190 g/mol. The Labute approximate surface area is 92.5 Å². The van der Waals surface area contributed by atoms with Gasteiger partial charge < -0.3 is 15.2 Å². The van der Waals surface area contributed by atoms with Crippen LogP contribution in [0.25, 0.3) is 0 Å². The quantitative estimate of drug-likeness (QED) is 0.661. The van der Waals surface area contributed by atoms with Gasteiger partial charge in [-0.25, -0.2) is 0 Å². The van der Waals surface area contributed by atoms with E-state index in [1.54, 1.807) is 0 Å². The Hall–Kier alpha value is -0.540. The van der Waals surface area contributed by atoms with E-state index in [1.807, 2.05) is 13.0 Å². The zero-order chi connectivity index (χ0) is 11.1. The fraction of sp³-hybridized carbons (Fsp3) is 0.833. The lowest BCUT2D eigenvalue weighted by Crippen LogP contribution is -2.34. The first-order valence-corrected chi connectivity index (χ1v) is 5.93. The number of nitrogens with one attached hydrogen (secondary N) is 1. The van der Waals surface area contributed by atoms with E-state index in [4.69, 9.17) is 4.74 Å². The van der Waals surface area contributed by atoms with Crippen LogP contribution in [0.1, 0.15) is 39.5 Å². The second-order valence-corrected chi connectivity index (χ2v) is 4.33. The maximum absolute atomic E-state index is 10.2. The summed E-state index contributed by atoms with van der Waals surface area (Å²) in [6.07, 6.45) is 5.94. The summed E-state index contributed by atoms with van der Waals surface area (Å²) in [5, 5.41) is 13.5. The molecule has 3 nitrogen and oxygen atoms in total. The number of hydrogen-bond donors (Lipinski definition) is 2. The Morgan fingerprint density at radius 1 is 1.53 bits per heavy atom. The zero-order valence-electron chi connectivity index (χ0n) is 9.88. The average molecular weight is 213 g/mol. The molecule has 0 aliphatic carbocycles. The van der Waals surface area contributed by atoms with Gasteiger partial charge in [0.2, 0.25) is 0 Å². The summed E-state index contributed by atoms with van der Waals surface area (Å²) >= 11 is 0. The van der Waals surface area contributed by atoms with Gasteiger partial charge in [0.25, 0.3) is 0 Å². The normalized spacial score (nSPS) is 20.3. The summed E-state index contributed by atoms with van der Waals surface area (Å²) in [4.78, 5) is 0. The highest BCUT2D eigenvalue weighted by Gasteiger charge is 2.27. The maximum Gasteiger partial charge on any atom is 0.123 e. The van der Waals surface area contributed by atoms with Crippen LogP contribution in [0.5, 0.6) is 0 Å². The monoisotopic (exact) mass is 213 g/mol. The van der Waals surface area contributed by atoms with Crippen molar-refractivity contribution >= 4 is 0 Å². The Bertz CT molecular complexity index is 212. The summed E-state index contributed by atoms with van der Waals surface area (Å²) in [7, 11) is 0. The second-order valence-electron chi connectivity index (χ2n) is 4.33. The number of aliphatic hydroxyl groups is 1. The van der Waals surface area contributed by atoms with E-state index in [1.165, 1.54) is 0 Å². The summed E-state index contributed by atoms with van der Waals surface area (Å²) in [5.74, 6) is 0.757. The van der Waals surface area contributed by atoms with Gasteiger partial charge in [0.1, 0.15) is 11.4 Å². The van der Waals surface area contributed by atoms with Crippen molar-refractivity contribution in [3.63, 3.8) is 0 Å². The molecule has 1 rings (SSSR count). The highest BCUT2D eigenvalue weighted by Crippen LogP contribution is 2.25. The SMILES string of the molecule is CCCNCCC(C)(O)C1=CCCCO1. The van der Waals surface area contributed by atoms with E-state index < -0.39 is 5.60 Å². The lowest BCUT2D eigenvalue weighted by atomic mass is 9.97. The number of rotatable bonds is 6. The zero-order valence-corrected chi connectivity index (χ0v) is 9.88. The number of allylic oxidation sites excluding steroid dienone is 1. The van der Waals surface area contributed by atoms with Crippen molar-refractivity contribution in [1.29, 1.82) is 0 Å². The predicted octanol–water partition coefficient (Wildman–Crippen LogP) is 1.82. The lowest BCUT2D eigenvalue weighted by molar-refractivity contribution is 0.0123. The molecule has 1 aliphatic rings. The molecule has 0 amide bonds. The minimum Gasteiger partial charge on any atom is -0.495 e. The Morgan fingerprint density at radius 3 is 2.93 bits per heavy atom. The molecule has 0 bridgehead atoms. The highest BCUT2D eigenvalue weighted by atomic mass is 16.5. The van der Waals surface area contributed by atoms with Crippen LogP contribution in [0.15, 0.2) is 11.8 Å². The Kier molecular flexibility index (Phi) is 5.12. The molecule has 0 aromatic heterocycles. The average Bonchev–Trinajstić information content (AvgIpc) is 2.26. The fourth-order valence-electron chi connectivity index (χ4n) is 1.69. The molecule has 1 aliphatic heterocycles. The largest absolute Gasteiger partial charge is 0.495 e. The first kappa shape index (κ1) is 12.5. The Morgan fingerprint density at radius 2 is 2.33 bits per heavy atom. The first-order valence-electron chi connectivity index (χ1n) is 5.93. The molecule has 3 heteroatoms. The third-order valence-corrected chi connectivity index (χ3v) is 2.68. The fourth-order valence-corrected chi connectivity index (χ4v) is 1.69. The molecule has 0 aromatic carbocycles. The van der Waals surface area contributed by atoms with Gasteiger partial charge in [-0.2, -0.15) is 0 Å². The topological polar surface area (TPSA) is 41.5 Å². The van der Waals surface area contributed by atoms with Crippen molar-refractivity contribution < 1.29 is 9.84 Å². The van der Waals surface area contributed by atoms with Crippen LogP contribution < -0.4 is 5.32 Å². The van der Waals surface area contributed by atoms with Crippen LogP contribution in [0.4, 0.5) is 0 Å². The van der Waals surface area contributed by atoms with Crippen molar-refractivity contribution in [3.05, 3.63) is 11.8 Å². The van der Waals surface area contributed by atoms with Gasteiger partial charge in [-0.05, 0) is 51.8 Å². The van der Waals surface area contributed by atoms with E-state index in [0.29, 0.717) is 6.42 Å². The van der Waals surface area contributed by atoms with Crippen LogP contribution in [0.2, 0.25) is 0 Å². The first-order chi connectivity index (χ1) is 7.17. The molecule has 1 atom stereocenters. The molecule has 0 spiro atoms. The van der Waals surface area contributed by atoms with Gasteiger partial charge in [-0.1, -0.05) is 6.92 Å². The molecule has 0 radical (unpaired) electrons. The maximum atomic E-state index is 10.2. The van der Waals surface area contributed by atoms with Crippen molar-refractivity contribution in [1.82, 2.24) is 5.32 Å². The van der Waals surface area contributed by atoms with Crippen LogP contribution in [0.3, 0.4) is 0 Å². The molecular formula is C12H23NO2. The second kappa shape index (κ2) is 6.13. The molecule has 1 heterocycles. The van der Waals surface area contributed by atoms with Crippen molar-refractivity contribution in [2.45, 2.75) is 45.1 Å². The summed E-state index contributed by atoms with van der Waals surface area (Å²) in [6.45, 7) is 6.55. The third kappa shape index (κ3) is 4.22. The van der Waals surface area contributed by atoms with E-state index in [9.17, 15) is 5.11 Å². The minimum atomic E-state index is -0.804. The smallest absolute Gasteiger partial charge is 0.123 e. The Balaban J connectivity index is 2.33. The molecule has 2 N–H and O–H groups in total. The summed E-state index contributed by atoms with van der Waals surface area (Å²) in [6, 6.07) is 0. The van der Waals surface area contributed by atoms with E-state index >= 15 is 0 Å². The molecule has 0 fully saturated rings. The molecule has 15 heavy (non-hydrogen) atoms. The van der Waals surface area contributed by atoms with Crippen LogP contribution in [0, 0.1) is 0 Å². The molecule has 0 saturated heterocycles. The predicted molar refractivity (Wildman–Crippen MR) is 61.7 cm³/mol. The van der Waals surface area contributed by atoms with E-state index in [2.05, 4.69) is 12.2 Å². The van der Waals surface area contributed by atoms with Gasteiger partial charge in [0.05, 0.1) is 6.61 Å². The highest BCUT2D eigenvalue weighted by molar-refractivity contribution is 5.09. The van der Waals surface area contributed by atoms with Gasteiger partial charge >= 0.3 is 0 Å². The van der Waals surface area contributed by atoms with Gasteiger partial charge in [-0.3, -0.25) is 0 Å². The third-order valence-electron chi connectivity index (χ3n) is 2.68. The van der Waals surface area contributed by atoms with Crippen LogP contribution >= 0.6 is 0 Å². The van der Waals surface area contributed by atoms with Crippen molar-refractivity contribution in [2.24, 2.45) is 0 Å². The molecule has 1 unspecified atom stereocenters. The van der Waals surface area contributed by atoms with Crippen LogP contribution in [-0.2, 0) is 4.74 Å². The molecule has 88 valence electrons. The van der Waals surface area contributed by atoms with Gasteiger partial charge in [0, 0.05) is 0 Å². The van der Waals surface area contributed by atoms with Crippen molar-refractivity contribution in [2.75, 3.05) is 19.7 Å². The van der Waals surface area contributed by atoms with Gasteiger partial charge in [-0.15, -0.1) is 0 Å². The molecule has 0 saturated carbocycles. The molecule has 0 aromatic rings. The van der Waals surface area contributed by atoms with Gasteiger partial charge in [0.15, 0.2) is 0 Å². The van der Waals surface area contributed by atoms with Crippen LogP contribution in [-0.4, -0.2) is 30.4 Å². The summed E-state index contributed by atoms with van der Waals surface area (Å²) < 4.78 is 5.48. The number of hydrogen-bond acceptors (Lipinski definition) is 3. The lowest BCUT2D eigenvalue weighted by Gasteiger charge is -2.29. The van der Waals surface area contributed by atoms with E-state index in [-0.39, 0.29) is 0 Å². The number of ether oxygens (including phenoxy) is 1. The summed E-state index contributed by atoms with van der Waals surface area (Å²) in [5.41, 5.74) is -0.804. The standard InChI is InChI=1S/C12H23NO2/c1-3-8-13-9-7-12(2,14)11-6-4-5-10-15-11/h6,13-14H,3-5,7-10H2,1-2H3.